The normalized spacial score (nSPS) is 13.0. The summed E-state index contributed by atoms with van der Waals surface area (Å²) >= 11 is 0. The number of aryl methyl sites for hydroxylation is 1. The van der Waals surface area contributed by atoms with Gasteiger partial charge in [-0.15, -0.1) is 0 Å². The van der Waals surface area contributed by atoms with Crippen molar-refractivity contribution in [3.63, 3.8) is 0 Å². The quantitative estimate of drug-likeness (QED) is 0.438. The molecule has 0 saturated carbocycles. The van der Waals surface area contributed by atoms with Crippen LogP contribution in [0.25, 0.3) is 5.65 Å². The van der Waals surface area contributed by atoms with Crippen molar-refractivity contribution in [3.05, 3.63) is 101 Å². The van der Waals surface area contributed by atoms with Crippen LogP contribution in [0, 0.1) is 18.6 Å². The summed E-state index contributed by atoms with van der Waals surface area (Å²) in [4.78, 5) is 17.6. The summed E-state index contributed by atoms with van der Waals surface area (Å²) in [5, 5.41) is 13.1. The Morgan fingerprint density at radius 3 is 2.45 bits per heavy atom. The van der Waals surface area contributed by atoms with Crippen LogP contribution in [0.15, 0.2) is 66.9 Å². The number of hydrogen-bond donors (Lipinski definition) is 2. The van der Waals surface area contributed by atoms with Crippen LogP contribution in [0.4, 0.5) is 8.78 Å². The maximum Gasteiger partial charge on any atom is 0.270 e. The van der Waals surface area contributed by atoms with Crippen molar-refractivity contribution in [3.8, 4) is 5.75 Å². The highest BCUT2D eigenvalue weighted by molar-refractivity contribution is 5.95. The van der Waals surface area contributed by atoms with Gasteiger partial charge in [-0.25, -0.2) is 13.8 Å². The van der Waals surface area contributed by atoms with Gasteiger partial charge >= 0.3 is 0 Å². The minimum absolute atomic E-state index is 0.191. The van der Waals surface area contributed by atoms with Crippen LogP contribution >= 0.6 is 0 Å². The second-order valence-corrected chi connectivity index (χ2v) is 7.70. The number of aliphatic hydroxyl groups is 1. The van der Waals surface area contributed by atoms with Gasteiger partial charge in [-0.1, -0.05) is 36.4 Å². The number of halogens is 2. The molecule has 0 bridgehead atoms. The Morgan fingerprint density at radius 1 is 1.09 bits per heavy atom. The first-order chi connectivity index (χ1) is 15.9. The second kappa shape index (κ2) is 9.38. The highest BCUT2D eigenvalue weighted by Gasteiger charge is 2.25. The standard InChI is InChI=1S/C25H23F2N3O3/c1-15-23(25(32)29-22(16(2)31)17-8-4-3-5-9-17)30-13-7-12-21(24(30)28-15)33-14-18-19(26)10-6-11-20(18)27/h3-13,16,22,31H,14H2,1-2H3,(H,29,32)/t16-,22-/m0/s1. The number of benzene rings is 2. The van der Waals surface area contributed by atoms with Gasteiger partial charge in [-0.05, 0) is 43.7 Å². The number of nitrogens with one attached hydrogen (secondary N) is 1. The first-order valence-corrected chi connectivity index (χ1v) is 10.4. The Labute approximate surface area is 189 Å². The predicted octanol–water partition coefficient (Wildman–Crippen LogP) is 4.35. The SMILES string of the molecule is Cc1nc2c(OCc3c(F)cccc3F)cccn2c1C(=O)N[C@H](c1ccccc1)[C@H](C)O. The molecule has 2 heterocycles. The summed E-state index contributed by atoms with van der Waals surface area (Å²) in [6.07, 6.45) is 0.825. The predicted molar refractivity (Wildman–Crippen MR) is 119 cm³/mol. The lowest BCUT2D eigenvalue weighted by Crippen LogP contribution is -2.35. The Kier molecular flexibility index (Phi) is 6.37. The average molecular weight is 451 g/mol. The minimum atomic E-state index is -0.828. The van der Waals surface area contributed by atoms with E-state index in [4.69, 9.17) is 4.74 Å². The fraction of sp³-hybridized carbons (Fsp3) is 0.200. The number of pyridine rings is 1. The lowest BCUT2D eigenvalue weighted by Gasteiger charge is -2.22. The zero-order valence-corrected chi connectivity index (χ0v) is 18.1. The van der Waals surface area contributed by atoms with Crippen LogP contribution in [0.5, 0.6) is 5.75 Å². The number of hydrogen-bond acceptors (Lipinski definition) is 4. The van der Waals surface area contributed by atoms with Crippen LogP contribution in [-0.4, -0.2) is 26.5 Å². The number of aliphatic hydroxyl groups excluding tert-OH is 1. The maximum absolute atomic E-state index is 14.0. The van der Waals surface area contributed by atoms with Crippen molar-refractivity contribution in [2.75, 3.05) is 0 Å². The molecule has 0 fully saturated rings. The molecule has 0 aliphatic carbocycles. The molecule has 0 aliphatic heterocycles. The molecule has 8 heteroatoms. The van der Waals surface area contributed by atoms with Gasteiger partial charge < -0.3 is 15.2 Å². The van der Waals surface area contributed by atoms with Gasteiger partial charge in [0.2, 0.25) is 0 Å². The number of fused-ring (bicyclic) bond motifs is 1. The number of ether oxygens (including phenoxy) is 1. The highest BCUT2D eigenvalue weighted by atomic mass is 19.1. The molecular weight excluding hydrogens is 428 g/mol. The van der Waals surface area contributed by atoms with Crippen molar-refractivity contribution >= 4 is 11.6 Å². The van der Waals surface area contributed by atoms with Crippen molar-refractivity contribution < 1.29 is 23.4 Å². The molecule has 0 spiro atoms. The van der Waals surface area contributed by atoms with E-state index < -0.39 is 29.7 Å². The summed E-state index contributed by atoms with van der Waals surface area (Å²) < 4.78 is 35.1. The Balaban J connectivity index is 1.63. The van der Waals surface area contributed by atoms with E-state index in [-0.39, 0.29) is 23.6 Å². The van der Waals surface area contributed by atoms with E-state index in [1.807, 2.05) is 30.3 Å². The number of rotatable bonds is 7. The number of nitrogens with zero attached hydrogens (tertiary/aromatic N) is 2. The molecule has 4 aromatic rings. The smallest absolute Gasteiger partial charge is 0.270 e. The summed E-state index contributed by atoms with van der Waals surface area (Å²) in [5.74, 6) is -1.55. The third-order valence-corrected chi connectivity index (χ3v) is 5.36. The minimum Gasteiger partial charge on any atom is -0.485 e. The molecule has 6 nitrogen and oxygen atoms in total. The molecule has 170 valence electrons. The number of aromatic nitrogens is 2. The number of imidazole rings is 1. The second-order valence-electron chi connectivity index (χ2n) is 7.70. The fourth-order valence-corrected chi connectivity index (χ4v) is 3.71. The van der Waals surface area contributed by atoms with Gasteiger partial charge in [0.05, 0.1) is 23.4 Å². The lowest BCUT2D eigenvalue weighted by atomic mass is 10.0. The van der Waals surface area contributed by atoms with E-state index in [0.717, 1.165) is 17.7 Å². The van der Waals surface area contributed by atoms with Gasteiger partial charge in [0.15, 0.2) is 11.4 Å². The largest absolute Gasteiger partial charge is 0.485 e. The van der Waals surface area contributed by atoms with E-state index in [9.17, 15) is 18.7 Å². The summed E-state index contributed by atoms with van der Waals surface area (Å²) in [7, 11) is 0. The Hall–Kier alpha value is -3.78. The molecule has 0 radical (unpaired) electrons. The molecule has 2 aromatic heterocycles. The average Bonchev–Trinajstić information content (AvgIpc) is 3.14. The van der Waals surface area contributed by atoms with E-state index in [1.54, 1.807) is 36.6 Å². The van der Waals surface area contributed by atoms with Gasteiger partial charge in [0.1, 0.15) is 23.9 Å². The highest BCUT2D eigenvalue weighted by Crippen LogP contribution is 2.25. The molecular formula is C25H23F2N3O3. The van der Waals surface area contributed by atoms with Crippen LogP contribution in [-0.2, 0) is 6.61 Å². The number of amides is 1. The van der Waals surface area contributed by atoms with E-state index in [2.05, 4.69) is 10.3 Å². The number of carbonyl (C=O) groups excluding carboxylic acids is 1. The van der Waals surface area contributed by atoms with Gasteiger partial charge in [0, 0.05) is 6.20 Å². The first kappa shape index (κ1) is 22.4. The molecule has 0 aliphatic rings. The topological polar surface area (TPSA) is 75.9 Å². The van der Waals surface area contributed by atoms with E-state index in [1.165, 1.54) is 6.07 Å². The third kappa shape index (κ3) is 4.56. The molecule has 33 heavy (non-hydrogen) atoms. The molecule has 2 aromatic carbocycles. The molecule has 0 unspecified atom stereocenters. The molecule has 4 rings (SSSR count). The molecule has 2 atom stereocenters. The fourth-order valence-electron chi connectivity index (χ4n) is 3.71. The molecule has 0 saturated heterocycles. The van der Waals surface area contributed by atoms with Crippen molar-refractivity contribution in [1.29, 1.82) is 0 Å². The van der Waals surface area contributed by atoms with E-state index >= 15 is 0 Å². The summed E-state index contributed by atoms with van der Waals surface area (Å²) in [5.41, 5.74) is 1.63. The van der Waals surface area contributed by atoms with E-state index in [0.29, 0.717) is 11.3 Å². The van der Waals surface area contributed by atoms with Crippen molar-refractivity contribution in [2.45, 2.75) is 32.6 Å². The van der Waals surface area contributed by atoms with Crippen LogP contribution < -0.4 is 10.1 Å². The van der Waals surface area contributed by atoms with Crippen LogP contribution in [0.2, 0.25) is 0 Å². The van der Waals surface area contributed by atoms with Gasteiger partial charge in [-0.3, -0.25) is 9.20 Å². The zero-order chi connectivity index (χ0) is 23.5. The third-order valence-electron chi connectivity index (χ3n) is 5.36. The maximum atomic E-state index is 14.0. The first-order valence-electron chi connectivity index (χ1n) is 10.4. The summed E-state index contributed by atoms with van der Waals surface area (Å²) in [6, 6.07) is 15.4. The molecule has 2 N–H and O–H groups in total. The zero-order valence-electron chi connectivity index (χ0n) is 18.1. The molecule has 1 amide bonds. The number of carbonyl (C=O) groups is 1. The van der Waals surface area contributed by atoms with Gasteiger partial charge in [-0.2, -0.15) is 0 Å². The summed E-state index contributed by atoms with van der Waals surface area (Å²) in [6.45, 7) is 2.96. The Morgan fingerprint density at radius 2 is 1.79 bits per heavy atom. The monoisotopic (exact) mass is 451 g/mol. The van der Waals surface area contributed by atoms with Crippen LogP contribution in [0.1, 0.15) is 40.3 Å². The Bertz CT molecular complexity index is 1270. The van der Waals surface area contributed by atoms with Crippen LogP contribution in [0.3, 0.4) is 0 Å². The van der Waals surface area contributed by atoms with Crippen molar-refractivity contribution in [1.82, 2.24) is 14.7 Å². The van der Waals surface area contributed by atoms with Gasteiger partial charge in [0.25, 0.3) is 5.91 Å². The lowest BCUT2D eigenvalue weighted by molar-refractivity contribution is 0.0852. The van der Waals surface area contributed by atoms with Crippen molar-refractivity contribution in [2.24, 2.45) is 0 Å².